The zero-order chi connectivity index (χ0) is 19.2. The van der Waals surface area contributed by atoms with Gasteiger partial charge >= 0.3 is 15.2 Å². The molecular formula is C16H22N2O6P2. The van der Waals surface area contributed by atoms with E-state index in [1.165, 1.54) is 12.2 Å². The molecule has 1 aromatic carbocycles. The summed E-state index contributed by atoms with van der Waals surface area (Å²) in [5, 5.41) is 1.10. The van der Waals surface area contributed by atoms with E-state index in [1.54, 1.807) is 0 Å². The monoisotopic (exact) mass is 400 g/mol. The highest BCUT2D eigenvalue weighted by Gasteiger charge is 2.10. The summed E-state index contributed by atoms with van der Waals surface area (Å²) in [6, 6.07) is 7.87. The maximum Gasteiger partial charge on any atom is 0.348 e. The molecule has 0 fully saturated rings. The minimum absolute atomic E-state index is 0.249. The van der Waals surface area contributed by atoms with Crippen molar-refractivity contribution in [1.82, 2.24) is 9.88 Å². The molecule has 0 bridgehead atoms. The number of para-hydroxylation sites is 1. The van der Waals surface area contributed by atoms with E-state index in [0.29, 0.717) is 13.0 Å². The predicted molar refractivity (Wildman–Crippen MR) is 101 cm³/mol. The Morgan fingerprint density at radius 3 is 2.12 bits per heavy atom. The van der Waals surface area contributed by atoms with Crippen LogP contribution in [-0.4, -0.2) is 49.1 Å². The summed E-state index contributed by atoms with van der Waals surface area (Å²) in [4.78, 5) is 40.6. The van der Waals surface area contributed by atoms with E-state index in [-0.39, 0.29) is 13.1 Å². The van der Waals surface area contributed by atoms with Crippen molar-refractivity contribution in [3.63, 3.8) is 0 Å². The molecule has 142 valence electrons. The minimum Gasteiger partial charge on any atom is -0.361 e. The highest BCUT2D eigenvalue weighted by atomic mass is 31.2. The quantitative estimate of drug-likeness (QED) is 0.408. The molecule has 2 rings (SSSR count). The summed E-state index contributed by atoms with van der Waals surface area (Å²) in [5.41, 5.74) is 2.13. The third-order valence-electron chi connectivity index (χ3n) is 3.70. The summed E-state index contributed by atoms with van der Waals surface area (Å²) >= 11 is 0. The number of aromatic nitrogens is 1. The van der Waals surface area contributed by atoms with E-state index in [9.17, 15) is 9.13 Å². The van der Waals surface area contributed by atoms with E-state index in [0.717, 1.165) is 28.1 Å². The summed E-state index contributed by atoms with van der Waals surface area (Å²) in [6.45, 7) is 1.05. The van der Waals surface area contributed by atoms with Gasteiger partial charge in [0.1, 0.15) is 0 Å². The third-order valence-corrected chi connectivity index (χ3v) is 4.90. The second kappa shape index (κ2) is 8.93. The molecule has 8 nitrogen and oxygen atoms in total. The normalized spacial score (nSPS) is 13.6. The van der Waals surface area contributed by atoms with Crippen LogP contribution >= 0.6 is 15.2 Å². The lowest BCUT2D eigenvalue weighted by molar-refractivity contribution is 0.338. The van der Waals surface area contributed by atoms with Crippen LogP contribution in [0.4, 0.5) is 0 Å². The van der Waals surface area contributed by atoms with Crippen LogP contribution in [0.25, 0.3) is 10.9 Å². The molecule has 0 amide bonds. The van der Waals surface area contributed by atoms with Crippen LogP contribution in [0.1, 0.15) is 5.56 Å². The van der Waals surface area contributed by atoms with Crippen LogP contribution in [0.5, 0.6) is 0 Å². The average Bonchev–Trinajstić information content (AvgIpc) is 2.93. The number of rotatable bonds is 9. The van der Waals surface area contributed by atoms with Crippen LogP contribution in [-0.2, 0) is 15.6 Å². The molecule has 0 aliphatic rings. The smallest absolute Gasteiger partial charge is 0.348 e. The molecule has 0 saturated carbocycles. The van der Waals surface area contributed by atoms with Crippen molar-refractivity contribution in [2.45, 2.75) is 6.42 Å². The Kier molecular flexibility index (Phi) is 7.15. The largest absolute Gasteiger partial charge is 0.361 e. The number of H-pyrrole nitrogens is 1. The first-order valence-corrected chi connectivity index (χ1v) is 11.2. The lowest BCUT2D eigenvalue weighted by atomic mass is 10.1. The Balaban J connectivity index is 2.04. The zero-order valence-corrected chi connectivity index (χ0v) is 15.8. The standard InChI is InChI=1S/C16H22N2O6P2/c19-25(20,21)11-3-8-18(9-4-12-26(22,23)24)10-7-14-13-17-16-6-2-1-5-15(14)16/h1-6,11-13,17H,7-10H2,(H2,19,20,21)(H2,22,23,24). The molecule has 0 aliphatic heterocycles. The average molecular weight is 400 g/mol. The molecule has 26 heavy (non-hydrogen) atoms. The van der Waals surface area contributed by atoms with Crippen molar-refractivity contribution >= 4 is 26.1 Å². The third kappa shape index (κ3) is 7.40. The van der Waals surface area contributed by atoms with Crippen LogP contribution in [0.2, 0.25) is 0 Å². The molecule has 0 atom stereocenters. The van der Waals surface area contributed by atoms with Crippen molar-refractivity contribution < 1.29 is 28.7 Å². The fourth-order valence-corrected chi connectivity index (χ4v) is 3.28. The minimum atomic E-state index is -4.23. The van der Waals surface area contributed by atoms with Gasteiger partial charge < -0.3 is 24.6 Å². The number of nitrogens with zero attached hydrogens (tertiary/aromatic N) is 1. The van der Waals surface area contributed by atoms with E-state index in [1.807, 2.05) is 35.4 Å². The van der Waals surface area contributed by atoms with Gasteiger partial charge in [-0.1, -0.05) is 30.4 Å². The zero-order valence-electron chi connectivity index (χ0n) is 14.0. The van der Waals surface area contributed by atoms with Gasteiger partial charge in [-0.05, 0) is 18.1 Å². The van der Waals surface area contributed by atoms with E-state index >= 15 is 0 Å². The molecule has 10 heteroatoms. The molecule has 1 aromatic heterocycles. The highest BCUT2D eigenvalue weighted by molar-refractivity contribution is 7.55. The van der Waals surface area contributed by atoms with Crippen LogP contribution in [0, 0.1) is 0 Å². The van der Waals surface area contributed by atoms with Gasteiger partial charge in [0.05, 0.1) is 0 Å². The Bertz CT molecular complexity index is 846. The Morgan fingerprint density at radius 1 is 0.962 bits per heavy atom. The Labute approximate surface area is 151 Å². The topological polar surface area (TPSA) is 134 Å². The summed E-state index contributed by atoms with van der Waals surface area (Å²) in [7, 11) is -8.46. The lowest BCUT2D eigenvalue weighted by Crippen LogP contribution is -2.26. The lowest BCUT2D eigenvalue weighted by Gasteiger charge is -2.18. The predicted octanol–water partition coefficient (Wildman–Crippen LogP) is 2.40. The van der Waals surface area contributed by atoms with E-state index in [4.69, 9.17) is 19.6 Å². The molecule has 0 saturated heterocycles. The van der Waals surface area contributed by atoms with Crippen molar-refractivity contribution in [3.8, 4) is 0 Å². The number of fused-ring (bicyclic) bond motifs is 1. The van der Waals surface area contributed by atoms with Crippen LogP contribution in [0.15, 0.2) is 54.2 Å². The number of hydrogen-bond acceptors (Lipinski definition) is 3. The van der Waals surface area contributed by atoms with Crippen molar-refractivity contribution in [2.24, 2.45) is 0 Å². The summed E-state index contributed by atoms with van der Waals surface area (Å²) < 4.78 is 21.8. The fraction of sp³-hybridized carbons (Fsp3) is 0.250. The first-order chi connectivity index (χ1) is 12.1. The number of nitrogens with one attached hydrogen (secondary N) is 1. The molecule has 0 spiro atoms. The van der Waals surface area contributed by atoms with Crippen LogP contribution < -0.4 is 0 Å². The van der Waals surface area contributed by atoms with E-state index in [2.05, 4.69) is 4.98 Å². The molecule has 1 heterocycles. The first-order valence-electron chi connectivity index (χ1n) is 7.87. The van der Waals surface area contributed by atoms with Gasteiger partial charge in [0.2, 0.25) is 0 Å². The number of hydrogen-bond donors (Lipinski definition) is 5. The molecular weight excluding hydrogens is 378 g/mol. The van der Waals surface area contributed by atoms with Gasteiger partial charge in [-0.2, -0.15) is 0 Å². The van der Waals surface area contributed by atoms with Gasteiger partial charge in [-0.15, -0.1) is 0 Å². The number of aromatic amines is 1. The summed E-state index contributed by atoms with van der Waals surface area (Å²) in [6.07, 6.45) is 5.32. The van der Waals surface area contributed by atoms with Gasteiger partial charge in [-0.3, -0.25) is 14.0 Å². The van der Waals surface area contributed by atoms with Crippen molar-refractivity contribution in [2.75, 3.05) is 19.6 Å². The maximum atomic E-state index is 10.9. The Morgan fingerprint density at radius 2 is 1.54 bits per heavy atom. The van der Waals surface area contributed by atoms with Gasteiger partial charge in [0, 0.05) is 48.4 Å². The highest BCUT2D eigenvalue weighted by Crippen LogP contribution is 2.36. The van der Waals surface area contributed by atoms with Crippen molar-refractivity contribution in [3.05, 3.63) is 59.8 Å². The molecule has 0 unspecified atom stereocenters. The maximum absolute atomic E-state index is 10.9. The van der Waals surface area contributed by atoms with Crippen molar-refractivity contribution in [1.29, 1.82) is 0 Å². The second-order valence-electron chi connectivity index (χ2n) is 5.82. The van der Waals surface area contributed by atoms with Gasteiger partial charge in [0.25, 0.3) is 0 Å². The fourth-order valence-electron chi connectivity index (χ4n) is 2.54. The summed E-state index contributed by atoms with van der Waals surface area (Å²) in [5.74, 6) is 1.66. The first kappa shape index (κ1) is 20.8. The Hall–Kier alpha value is -1.50. The van der Waals surface area contributed by atoms with Gasteiger partial charge in [-0.25, -0.2) is 0 Å². The SMILES string of the molecule is O=P(O)(O)C=CCN(CC=CP(=O)(O)O)CCc1c[nH]c2ccccc12. The molecule has 0 radical (unpaired) electrons. The molecule has 5 N–H and O–H groups in total. The van der Waals surface area contributed by atoms with E-state index < -0.39 is 15.2 Å². The molecule has 2 aromatic rings. The van der Waals surface area contributed by atoms with Gasteiger partial charge in [0.15, 0.2) is 0 Å². The molecule has 0 aliphatic carbocycles. The number of benzene rings is 1. The van der Waals surface area contributed by atoms with Crippen LogP contribution in [0.3, 0.4) is 0 Å². The second-order valence-corrected chi connectivity index (χ2v) is 8.77.